The lowest BCUT2D eigenvalue weighted by molar-refractivity contribution is -0.118. The van der Waals surface area contributed by atoms with E-state index in [1.54, 1.807) is 0 Å². The number of rotatable bonds is 11. The predicted octanol–water partition coefficient (Wildman–Crippen LogP) is 3.07. The van der Waals surface area contributed by atoms with E-state index in [2.05, 4.69) is 27.8 Å². The zero-order valence-corrected chi connectivity index (χ0v) is 20.5. The number of halogens is 1. The van der Waals surface area contributed by atoms with Crippen molar-refractivity contribution in [3.63, 3.8) is 0 Å². The first kappa shape index (κ1) is 25.6. The number of nitrogens with one attached hydrogen (secondary N) is 3. The van der Waals surface area contributed by atoms with Crippen molar-refractivity contribution >= 4 is 23.6 Å². The minimum atomic E-state index is -0.918. The number of pyridine rings is 1. The molecular weight excluding hydrogens is 479 g/mol. The molecule has 0 saturated heterocycles. The second-order valence-corrected chi connectivity index (χ2v) is 8.77. The van der Waals surface area contributed by atoms with Crippen LogP contribution in [0.4, 0.5) is 10.1 Å². The molecule has 1 saturated carbocycles. The van der Waals surface area contributed by atoms with Crippen molar-refractivity contribution in [1.29, 1.82) is 10.9 Å². The Bertz CT molecular complexity index is 1360. The van der Waals surface area contributed by atoms with Crippen molar-refractivity contribution in [2.45, 2.75) is 38.3 Å². The average Bonchev–Trinajstić information content (AvgIpc) is 3.64. The number of methoxy groups -OCH3 is 1. The highest BCUT2D eigenvalue weighted by atomic mass is 19.1. The van der Waals surface area contributed by atoms with Crippen LogP contribution in [0.25, 0.3) is 5.65 Å². The number of ether oxygens (including phenoxy) is 1. The molecule has 1 fully saturated rings. The maximum absolute atomic E-state index is 15.1. The molecule has 1 aromatic carbocycles. The Labute approximate surface area is 212 Å². The van der Waals surface area contributed by atoms with Gasteiger partial charge in [0.15, 0.2) is 11.6 Å². The first-order valence-corrected chi connectivity index (χ1v) is 11.6. The van der Waals surface area contributed by atoms with Gasteiger partial charge in [0.25, 0.3) is 5.91 Å². The summed E-state index contributed by atoms with van der Waals surface area (Å²) in [6.07, 6.45) is 8.39. The second-order valence-electron chi connectivity index (χ2n) is 8.77. The Hall–Kier alpha value is -4.52. The number of aromatic nitrogens is 2. The molecule has 194 valence electrons. The van der Waals surface area contributed by atoms with Gasteiger partial charge in [0, 0.05) is 24.2 Å². The van der Waals surface area contributed by atoms with E-state index >= 15 is 4.39 Å². The minimum absolute atomic E-state index is 0.0279. The number of amides is 1. The van der Waals surface area contributed by atoms with E-state index in [1.807, 2.05) is 16.7 Å². The van der Waals surface area contributed by atoms with Crippen LogP contribution in [-0.4, -0.2) is 33.7 Å². The molecule has 13 heteroatoms. The number of fused-ring (bicyclic) bond motifs is 1. The average molecular weight is 509 g/mol. The van der Waals surface area contributed by atoms with Crippen LogP contribution in [0.5, 0.6) is 5.75 Å². The quantitative estimate of drug-likeness (QED) is 0.0660. The lowest BCUT2D eigenvalue weighted by atomic mass is 10.0. The fourth-order valence-corrected chi connectivity index (χ4v) is 4.10. The number of anilines is 1. The van der Waals surface area contributed by atoms with Crippen LogP contribution in [0.15, 0.2) is 53.8 Å². The lowest BCUT2D eigenvalue weighted by Crippen LogP contribution is -2.35. The summed E-state index contributed by atoms with van der Waals surface area (Å²) in [5.74, 6) is 5.17. The van der Waals surface area contributed by atoms with Gasteiger partial charge < -0.3 is 25.2 Å². The highest BCUT2D eigenvalue weighted by Gasteiger charge is 2.25. The zero-order chi connectivity index (χ0) is 26.7. The van der Waals surface area contributed by atoms with Gasteiger partial charge in [-0.05, 0) is 49.4 Å². The highest BCUT2D eigenvalue weighted by Crippen LogP contribution is 2.40. The summed E-state index contributed by atoms with van der Waals surface area (Å²) in [5.41, 5.74) is 15.9. The Morgan fingerprint density at radius 3 is 2.78 bits per heavy atom. The van der Waals surface area contributed by atoms with Crippen LogP contribution < -0.4 is 26.6 Å². The van der Waals surface area contributed by atoms with Gasteiger partial charge in [0.05, 0.1) is 31.1 Å². The number of nitrogens with zero attached hydrogens (tertiary/aromatic N) is 5. The normalized spacial score (nSPS) is 14.2. The summed E-state index contributed by atoms with van der Waals surface area (Å²) in [6.45, 7) is 1.74. The van der Waals surface area contributed by atoms with Gasteiger partial charge >= 0.3 is 0 Å². The van der Waals surface area contributed by atoms with Crippen molar-refractivity contribution in [3.05, 3.63) is 71.2 Å². The number of imidazole rings is 1. The van der Waals surface area contributed by atoms with Gasteiger partial charge in [-0.2, -0.15) is 5.53 Å². The second kappa shape index (κ2) is 10.6. The number of carbonyl (C=O) groups is 1. The Morgan fingerprint density at radius 2 is 2.14 bits per heavy atom. The van der Waals surface area contributed by atoms with Crippen LogP contribution in [0.2, 0.25) is 0 Å². The molecule has 1 aliphatic carbocycles. The van der Waals surface area contributed by atoms with E-state index in [1.165, 1.54) is 55.8 Å². The standard InChI is InChI=1S/C24H29FN10O2/c1-14(22-19(35(13-26)32-28)6-7-20(37-2)23(22)25)30-24(36)18(27)12-34(29)11-17-10-33-9-16(15-3-4-15)5-8-21(33)31-17/h5-10,12-15,26,28H,3-4,11,27,29H2,1-2H3,(H,30,36)/b18-12-,26-13?,32-28?. The van der Waals surface area contributed by atoms with E-state index in [0.29, 0.717) is 11.6 Å². The molecule has 2 heterocycles. The molecule has 37 heavy (non-hydrogen) atoms. The molecule has 3 aromatic rings. The molecule has 12 nitrogen and oxygen atoms in total. The van der Waals surface area contributed by atoms with Gasteiger partial charge in [-0.3, -0.25) is 10.2 Å². The summed E-state index contributed by atoms with van der Waals surface area (Å²) in [5, 5.41) is 15.3. The van der Waals surface area contributed by atoms with Crippen molar-refractivity contribution in [2.75, 3.05) is 12.1 Å². The molecule has 4 rings (SSSR count). The molecule has 1 aliphatic rings. The van der Waals surface area contributed by atoms with Crippen molar-refractivity contribution in [3.8, 4) is 5.75 Å². The van der Waals surface area contributed by atoms with E-state index in [9.17, 15) is 4.79 Å². The Morgan fingerprint density at radius 1 is 1.38 bits per heavy atom. The van der Waals surface area contributed by atoms with Crippen LogP contribution in [0.3, 0.4) is 0 Å². The maximum atomic E-state index is 15.1. The van der Waals surface area contributed by atoms with Gasteiger partial charge in [0.1, 0.15) is 17.7 Å². The predicted molar refractivity (Wildman–Crippen MR) is 135 cm³/mol. The molecular formula is C24H29FN10O2. The fraction of sp³-hybridized carbons (Fsp3) is 0.292. The number of carbonyl (C=O) groups excluding carboxylic acids is 1. The van der Waals surface area contributed by atoms with E-state index in [4.69, 9.17) is 27.3 Å². The third kappa shape index (κ3) is 5.51. The van der Waals surface area contributed by atoms with Gasteiger partial charge in [-0.25, -0.2) is 20.2 Å². The number of hydrogen-bond donors (Lipinski definition) is 5. The fourth-order valence-electron chi connectivity index (χ4n) is 4.10. The SMILES string of the molecule is COc1ccc(N(C=N)N=N)c(C(C)NC(=O)/C(N)=C/N(N)Cc2cn3cc(C4CC4)ccc3n2)c1F. The third-order valence-corrected chi connectivity index (χ3v) is 6.08. The first-order valence-electron chi connectivity index (χ1n) is 11.6. The highest BCUT2D eigenvalue weighted by molar-refractivity contribution is 5.92. The largest absolute Gasteiger partial charge is 0.494 e. The van der Waals surface area contributed by atoms with E-state index in [0.717, 1.165) is 17.0 Å². The van der Waals surface area contributed by atoms with Crippen molar-refractivity contribution < 1.29 is 13.9 Å². The molecule has 1 atom stereocenters. The monoisotopic (exact) mass is 508 g/mol. The van der Waals surface area contributed by atoms with Crippen LogP contribution in [0.1, 0.15) is 48.5 Å². The number of hydrogen-bond acceptors (Lipinski definition) is 9. The smallest absolute Gasteiger partial charge is 0.269 e. The summed E-state index contributed by atoms with van der Waals surface area (Å²) in [7, 11) is 1.31. The topological polar surface area (TPSA) is 174 Å². The van der Waals surface area contributed by atoms with Gasteiger partial charge in [0.2, 0.25) is 0 Å². The van der Waals surface area contributed by atoms with Crippen LogP contribution >= 0.6 is 0 Å². The molecule has 0 spiro atoms. The van der Waals surface area contributed by atoms with Crippen molar-refractivity contribution in [1.82, 2.24) is 19.7 Å². The molecule has 0 aliphatic heterocycles. The van der Waals surface area contributed by atoms with Gasteiger partial charge in [-0.15, -0.1) is 0 Å². The molecule has 7 N–H and O–H groups in total. The Kier molecular flexibility index (Phi) is 7.34. The van der Waals surface area contributed by atoms with E-state index in [-0.39, 0.29) is 29.2 Å². The number of benzene rings is 1. The lowest BCUT2D eigenvalue weighted by Gasteiger charge is -2.23. The third-order valence-electron chi connectivity index (χ3n) is 6.08. The minimum Gasteiger partial charge on any atom is -0.494 e. The zero-order valence-electron chi connectivity index (χ0n) is 20.5. The maximum Gasteiger partial charge on any atom is 0.269 e. The summed E-state index contributed by atoms with van der Waals surface area (Å²) < 4.78 is 22.1. The summed E-state index contributed by atoms with van der Waals surface area (Å²) >= 11 is 0. The number of hydrazine groups is 1. The van der Waals surface area contributed by atoms with E-state index < -0.39 is 17.8 Å². The van der Waals surface area contributed by atoms with Crippen molar-refractivity contribution in [2.24, 2.45) is 16.8 Å². The molecule has 2 aromatic heterocycles. The summed E-state index contributed by atoms with van der Waals surface area (Å²) in [4.78, 5) is 17.3. The Balaban J connectivity index is 1.47. The van der Waals surface area contributed by atoms with Crippen LogP contribution in [-0.2, 0) is 11.3 Å². The number of nitrogens with two attached hydrogens (primary N) is 2. The molecule has 1 unspecified atom stereocenters. The first-order chi connectivity index (χ1) is 17.7. The van der Waals surface area contributed by atoms with Gasteiger partial charge in [-0.1, -0.05) is 11.3 Å². The molecule has 1 amide bonds. The summed E-state index contributed by atoms with van der Waals surface area (Å²) in [6, 6.07) is 5.92. The molecule has 0 radical (unpaired) electrons. The van der Waals surface area contributed by atoms with Crippen LogP contribution in [0, 0.1) is 16.8 Å². The molecule has 0 bridgehead atoms.